The Morgan fingerprint density at radius 2 is 1.79 bits per heavy atom. The number of rotatable bonds is 9. The van der Waals surface area contributed by atoms with Gasteiger partial charge in [-0.1, -0.05) is 23.2 Å². The first-order valence-corrected chi connectivity index (χ1v) is 9.13. The predicted octanol–water partition coefficient (Wildman–Crippen LogP) is 2.31. The molecule has 0 saturated carbocycles. The van der Waals surface area contributed by atoms with Crippen molar-refractivity contribution in [3.8, 4) is 0 Å². The van der Waals surface area contributed by atoms with Crippen LogP contribution in [0.4, 0.5) is 0 Å². The van der Waals surface area contributed by atoms with Crippen molar-refractivity contribution in [3.05, 3.63) is 33.8 Å². The van der Waals surface area contributed by atoms with Gasteiger partial charge in [-0.3, -0.25) is 14.4 Å². The molecule has 0 spiro atoms. The second-order valence-corrected chi connectivity index (χ2v) is 6.35. The number of hydrogen-bond acceptors (Lipinski definition) is 6. The molecule has 1 rings (SSSR count). The van der Waals surface area contributed by atoms with E-state index >= 15 is 0 Å². The van der Waals surface area contributed by atoms with Crippen molar-refractivity contribution in [2.75, 3.05) is 33.9 Å². The number of esters is 2. The Morgan fingerprint density at radius 1 is 1.14 bits per heavy atom. The molecule has 0 aromatic heterocycles. The topological polar surface area (TPSA) is 102 Å². The summed E-state index contributed by atoms with van der Waals surface area (Å²) in [6.45, 7) is 1.93. The number of carbonyl (C=O) groups is 4. The van der Waals surface area contributed by atoms with Crippen LogP contribution in [0.15, 0.2) is 18.2 Å². The van der Waals surface area contributed by atoms with E-state index in [2.05, 4.69) is 5.32 Å². The largest absolute Gasteiger partial charge is 0.466 e. The SMILES string of the molecule is CCOC(=O)CCCNC(=O)COC(=O)c1ccc(Cl)c(Cl)c1.CN(C)C=O. The summed E-state index contributed by atoms with van der Waals surface area (Å²) in [5.74, 6) is -1.44. The summed E-state index contributed by atoms with van der Waals surface area (Å²) in [6.07, 6.45) is 1.42. The van der Waals surface area contributed by atoms with Gasteiger partial charge in [0.15, 0.2) is 6.61 Å². The molecular formula is C18H24Cl2N2O6. The lowest BCUT2D eigenvalue weighted by Gasteiger charge is -2.07. The molecule has 1 N–H and O–H groups in total. The van der Waals surface area contributed by atoms with Crippen LogP contribution in [0.3, 0.4) is 0 Å². The molecule has 0 bridgehead atoms. The van der Waals surface area contributed by atoms with E-state index in [0.717, 1.165) is 6.41 Å². The zero-order valence-electron chi connectivity index (χ0n) is 16.0. The number of amides is 2. The molecule has 1 aromatic carbocycles. The smallest absolute Gasteiger partial charge is 0.338 e. The number of ether oxygens (including phenoxy) is 2. The standard InChI is InChI=1S/C15H17Cl2NO5.C3H7NO/c1-2-22-14(20)4-3-7-18-13(19)9-23-15(21)10-5-6-11(16)12(17)8-10;1-4(2)3-5/h5-6,8H,2-4,7,9H2,1H3,(H,18,19);3H,1-2H3. The van der Waals surface area contributed by atoms with Crippen LogP contribution in [-0.4, -0.2) is 63.0 Å². The van der Waals surface area contributed by atoms with Crippen molar-refractivity contribution in [3.63, 3.8) is 0 Å². The highest BCUT2D eigenvalue weighted by atomic mass is 35.5. The van der Waals surface area contributed by atoms with Gasteiger partial charge in [-0.15, -0.1) is 0 Å². The minimum atomic E-state index is -0.676. The Hall–Kier alpha value is -2.32. The van der Waals surface area contributed by atoms with Crippen LogP contribution in [0.5, 0.6) is 0 Å². The van der Waals surface area contributed by atoms with Crippen LogP contribution in [-0.2, 0) is 23.9 Å². The zero-order chi connectivity index (χ0) is 21.5. The first kappa shape index (κ1) is 25.7. The van der Waals surface area contributed by atoms with Gasteiger partial charge in [0.2, 0.25) is 6.41 Å². The Labute approximate surface area is 174 Å². The fraction of sp³-hybridized carbons (Fsp3) is 0.444. The Balaban J connectivity index is 0.00000129. The van der Waals surface area contributed by atoms with Crippen molar-refractivity contribution in [1.82, 2.24) is 10.2 Å². The molecule has 28 heavy (non-hydrogen) atoms. The molecule has 1 aromatic rings. The van der Waals surface area contributed by atoms with Crippen molar-refractivity contribution in [2.24, 2.45) is 0 Å². The number of nitrogens with one attached hydrogen (secondary N) is 1. The maximum atomic E-state index is 11.7. The molecule has 0 radical (unpaired) electrons. The Bertz CT molecular complexity index is 667. The maximum Gasteiger partial charge on any atom is 0.338 e. The third-order valence-corrected chi connectivity index (χ3v) is 3.62. The molecule has 0 atom stereocenters. The van der Waals surface area contributed by atoms with Gasteiger partial charge in [0.25, 0.3) is 5.91 Å². The van der Waals surface area contributed by atoms with Crippen molar-refractivity contribution in [2.45, 2.75) is 19.8 Å². The zero-order valence-corrected chi connectivity index (χ0v) is 17.5. The molecular weight excluding hydrogens is 411 g/mol. The van der Waals surface area contributed by atoms with Crippen LogP contribution < -0.4 is 5.32 Å². The van der Waals surface area contributed by atoms with Gasteiger partial charge in [0, 0.05) is 27.1 Å². The summed E-state index contributed by atoms with van der Waals surface area (Å²) < 4.78 is 9.61. The predicted molar refractivity (Wildman–Crippen MR) is 105 cm³/mol. The maximum absolute atomic E-state index is 11.7. The number of benzene rings is 1. The monoisotopic (exact) mass is 434 g/mol. The molecule has 10 heteroatoms. The number of carbonyl (C=O) groups excluding carboxylic acids is 4. The molecule has 8 nitrogen and oxygen atoms in total. The van der Waals surface area contributed by atoms with E-state index in [1.54, 1.807) is 21.0 Å². The van der Waals surface area contributed by atoms with E-state index in [1.807, 2.05) is 0 Å². The fourth-order valence-electron chi connectivity index (χ4n) is 1.58. The summed E-state index contributed by atoms with van der Waals surface area (Å²) in [6, 6.07) is 4.28. The van der Waals surface area contributed by atoms with E-state index in [1.165, 1.54) is 23.1 Å². The van der Waals surface area contributed by atoms with Crippen LogP contribution in [0.25, 0.3) is 0 Å². The Kier molecular flexibility index (Phi) is 13.5. The van der Waals surface area contributed by atoms with Gasteiger partial charge in [0.1, 0.15) is 0 Å². The van der Waals surface area contributed by atoms with Crippen LogP contribution in [0.1, 0.15) is 30.1 Å². The Morgan fingerprint density at radius 3 is 2.32 bits per heavy atom. The van der Waals surface area contributed by atoms with E-state index < -0.39 is 18.5 Å². The van der Waals surface area contributed by atoms with Gasteiger partial charge >= 0.3 is 11.9 Å². The highest BCUT2D eigenvalue weighted by Gasteiger charge is 2.12. The first-order valence-electron chi connectivity index (χ1n) is 8.37. The minimum Gasteiger partial charge on any atom is -0.466 e. The van der Waals surface area contributed by atoms with E-state index in [-0.39, 0.29) is 23.0 Å². The van der Waals surface area contributed by atoms with Gasteiger partial charge in [-0.25, -0.2) is 4.79 Å². The second-order valence-electron chi connectivity index (χ2n) is 5.53. The lowest BCUT2D eigenvalue weighted by molar-refractivity contribution is -0.143. The van der Waals surface area contributed by atoms with Crippen LogP contribution in [0.2, 0.25) is 10.0 Å². The van der Waals surface area contributed by atoms with Gasteiger partial charge in [0.05, 0.1) is 22.2 Å². The molecule has 0 aliphatic heterocycles. The molecule has 0 aliphatic carbocycles. The molecule has 0 aliphatic rings. The van der Waals surface area contributed by atoms with Gasteiger partial charge < -0.3 is 19.7 Å². The van der Waals surface area contributed by atoms with Gasteiger partial charge in [-0.2, -0.15) is 0 Å². The highest BCUT2D eigenvalue weighted by molar-refractivity contribution is 6.42. The van der Waals surface area contributed by atoms with Crippen molar-refractivity contribution < 1.29 is 28.7 Å². The molecule has 0 saturated heterocycles. The minimum absolute atomic E-state index is 0.203. The van der Waals surface area contributed by atoms with Crippen LogP contribution in [0, 0.1) is 0 Å². The average Bonchev–Trinajstić information content (AvgIpc) is 2.66. The third-order valence-electron chi connectivity index (χ3n) is 2.89. The number of nitrogens with zero attached hydrogens (tertiary/aromatic N) is 1. The fourth-order valence-corrected chi connectivity index (χ4v) is 1.88. The van der Waals surface area contributed by atoms with Crippen molar-refractivity contribution >= 4 is 47.5 Å². The molecule has 0 heterocycles. The quantitative estimate of drug-likeness (QED) is 0.363. The second kappa shape index (κ2) is 14.7. The number of halogens is 2. The third kappa shape index (κ3) is 12.1. The van der Waals surface area contributed by atoms with Crippen molar-refractivity contribution in [1.29, 1.82) is 0 Å². The lowest BCUT2D eigenvalue weighted by Crippen LogP contribution is -2.30. The van der Waals surface area contributed by atoms with Crippen LogP contribution >= 0.6 is 23.2 Å². The lowest BCUT2D eigenvalue weighted by atomic mass is 10.2. The first-order chi connectivity index (χ1) is 13.2. The summed E-state index contributed by atoms with van der Waals surface area (Å²) >= 11 is 11.5. The normalized spacial score (nSPS) is 9.46. The summed E-state index contributed by atoms with van der Waals surface area (Å²) in [7, 11) is 3.38. The van der Waals surface area contributed by atoms with Gasteiger partial charge in [-0.05, 0) is 31.5 Å². The number of hydrogen-bond donors (Lipinski definition) is 1. The average molecular weight is 435 g/mol. The highest BCUT2D eigenvalue weighted by Crippen LogP contribution is 2.22. The molecule has 0 unspecified atom stereocenters. The molecule has 2 amide bonds. The van der Waals surface area contributed by atoms with E-state index in [4.69, 9.17) is 32.7 Å². The summed E-state index contributed by atoms with van der Waals surface area (Å²) in [4.78, 5) is 45.2. The molecule has 156 valence electrons. The van der Waals surface area contributed by atoms with E-state index in [9.17, 15) is 19.2 Å². The summed E-state index contributed by atoms with van der Waals surface area (Å²) in [5, 5.41) is 3.08. The summed E-state index contributed by atoms with van der Waals surface area (Å²) in [5.41, 5.74) is 0.203. The molecule has 0 fully saturated rings. The van der Waals surface area contributed by atoms with E-state index in [0.29, 0.717) is 24.6 Å².